The molecule has 0 amide bonds. The Labute approximate surface area is 69.0 Å². The predicted molar refractivity (Wildman–Crippen MR) is 42.4 cm³/mol. The molecule has 4 nitrogen and oxygen atoms in total. The molecule has 0 bridgehead atoms. The fourth-order valence-electron chi connectivity index (χ4n) is 0.997. The van der Waals surface area contributed by atoms with Crippen molar-refractivity contribution in [2.45, 2.75) is 6.42 Å². The molecule has 62 valence electrons. The van der Waals surface area contributed by atoms with Crippen LogP contribution < -0.4 is 5.73 Å². The van der Waals surface area contributed by atoms with Crippen molar-refractivity contribution < 1.29 is 8.94 Å². The summed E-state index contributed by atoms with van der Waals surface area (Å²) in [6.45, 7) is 0. The van der Waals surface area contributed by atoms with Gasteiger partial charge in [0.2, 0.25) is 0 Å². The quantitative estimate of drug-likeness (QED) is 0.729. The summed E-state index contributed by atoms with van der Waals surface area (Å²) in [6, 6.07) is 5.39. The molecule has 0 fully saturated rings. The largest absolute Gasteiger partial charge is 0.469 e. The van der Waals surface area contributed by atoms with Crippen LogP contribution in [0.3, 0.4) is 0 Å². The van der Waals surface area contributed by atoms with Crippen molar-refractivity contribution in [2.24, 2.45) is 0 Å². The highest BCUT2D eigenvalue weighted by atomic mass is 16.5. The Balaban J connectivity index is 2.14. The summed E-state index contributed by atoms with van der Waals surface area (Å²) in [4.78, 5) is 0. The summed E-state index contributed by atoms with van der Waals surface area (Å²) in [5, 5.41) is 3.56. The summed E-state index contributed by atoms with van der Waals surface area (Å²) in [6.07, 6.45) is 2.21. The second kappa shape index (κ2) is 2.73. The molecule has 0 saturated heterocycles. The van der Waals surface area contributed by atoms with Crippen LogP contribution in [0.4, 0.5) is 5.82 Å². The Morgan fingerprint density at radius 2 is 2.33 bits per heavy atom. The minimum absolute atomic E-state index is 0.400. The zero-order valence-corrected chi connectivity index (χ0v) is 6.36. The maximum Gasteiger partial charge on any atom is 0.167 e. The standard InChI is InChI=1S/C8H8N2O2/c9-8-5-7(12-10-8)4-6-2-1-3-11-6/h1-3,5H,4H2,(H2,9,10). The molecule has 2 aromatic heterocycles. The first-order chi connectivity index (χ1) is 5.84. The molecule has 0 aliphatic heterocycles. The Bertz CT molecular complexity index is 351. The second-order valence-corrected chi connectivity index (χ2v) is 2.47. The third-order valence-corrected chi connectivity index (χ3v) is 1.51. The zero-order chi connectivity index (χ0) is 8.39. The lowest BCUT2D eigenvalue weighted by Gasteiger charge is -1.87. The minimum atomic E-state index is 0.400. The highest BCUT2D eigenvalue weighted by molar-refractivity contribution is 5.27. The van der Waals surface area contributed by atoms with Crippen LogP contribution >= 0.6 is 0 Å². The molecule has 2 aromatic rings. The average Bonchev–Trinajstić information content (AvgIpc) is 2.63. The summed E-state index contributed by atoms with van der Waals surface area (Å²) < 4.78 is 10.0. The Morgan fingerprint density at radius 1 is 1.42 bits per heavy atom. The van der Waals surface area contributed by atoms with Gasteiger partial charge in [0, 0.05) is 6.07 Å². The van der Waals surface area contributed by atoms with Gasteiger partial charge < -0.3 is 14.7 Å². The number of aromatic nitrogens is 1. The fourth-order valence-corrected chi connectivity index (χ4v) is 0.997. The van der Waals surface area contributed by atoms with Crippen LogP contribution in [0.1, 0.15) is 11.5 Å². The van der Waals surface area contributed by atoms with Crippen molar-refractivity contribution in [3.63, 3.8) is 0 Å². The van der Waals surface area contributed by atoms with Gasteiger partial charge in [-0.25, -0.2) is 0 Å². The molecule has 0 aliphatic carbocycles. The van der Waals surface area contributed by atoms with E-state index in [1.807, 2.05) is 12.1 Å². The molecular weight excluding hydrogens is 156 g/mol. The molecule has 0 unspecified atom stereocenters. The topological polar surface area (TPSA) is 65.2 Å². The van der Waals surface area contributed by atoms with Gasteiger partial charge in [-0.3, -0.25) is 0 Å². The van der Waals surface area contributed by atoms with E-state index < -0.39 is 0 Å². The highest BCUT2D eigenvalue weighted by Crippen LogP contribution is 2.11. The summed E-state index contributed by atoms with van der Waals surface area (Å²) >= 11 is 0. The SMILES string of the molecule is Nc1cc(Cc2ccco2)on1. The van der Waals surface area contributed by atoms with E-state index in [-0.39, 0.29) is 0 Å². The van der Waals surface area contributed by atoms with Crippen LogP contribution in [0.5, 0.6) is 0 Å². The number of nitrogens with two attached hydrogens (primary N) is 1. The lowest BCUT2D eigenvalue weighted by Crippen LogP contribution is -1.82. The zero-order valence-electron chi connectivity index (χ0n) is 6.36. The van der Waals surface area contributed by atoms with Crippen molar-refractivity contribution in [1.29, 1.82) is 0 Å². The maximum absolute atomic E-state index is 5.37. The van der Waals surface area contributed by atoms with E-state index in [2.05, 4.69) is 5.16 Å². The molecule has 2 rings (SSSR count). The van der Waals surface area contributed by atoms with E-state index >= 15 is 0 Å². The van der Waals surface area contributed by atoms with Crippen molar-refractivity contribution in [1.82, 2.24) is 5.16 Å². The number of hydrogen-bond acceptors (Lipinski definition) is 4. The van der Waals surface area contributed by atoms with Crippen molar-refractivity contribution in [2.75, 3.05) is 5.73 Å². The predicted octanol–water partition coefficient (Wildman–Crippen LogP) is 1.44. The third kappa shape index (κ3) is 1.32. The number of rotatable bonds is 2. The van der Waals surface area contributed by atoms with Crippen LogP contribution in [-0.2, 0) is 6.42 Å². The molecule has 0 atom stereocenters. The molecule has 2 N–H and O–H groups in total. The summed E-state index contributed by atoms with van der Waals surface area (Å²) in [5.74, 6) is 1.95. The van der Waals surface area contributed by atoms with Crippen LogP contribution in [0, 0.1) is 0 Å². The molecule has 0 radical (unpaired) electrons. The molecule has 4 heteroatoms. The molecular formula is C8H8N2O2. The van der Waals surface area contributed by atoms with Crippen LogP contribution in [0.15, 0.2) is 33.4 Å². The van der Waals surface area contributed by atoms with Gasteiger partial charge in [0.1, 0.15) is 11.5 Å². The third-order valence-electron chi connectivity index (χ3n) is 1.51. The van der Waals surface area contributed by atoms with Gasteiger partial charge in [-0.15, -0.1) is 0 Å². The lowest BCUT2D eigenvalue weighted by molar-refractivity contribution is 0.382. The Kier molecular flexibility index (Phi) is 1.59. The van der Waals surface area contributed by atoms with Gasteiger partial charge in [0.05, 0.1) is 12.7 Å². The molecule has 2 heterocycles. The normalized spacial score (nSPS) is 10.3. The first-order valence-corrected chi connectivity index (χ1v) is 3.58. The van der Waals surface area contributed by atoms with E-state index in [4.69, 9.17) is 14.7 Å². The van der Waals surface area contributed by atoms with Crippen LogP contribution in [-0.4, -0.2) is 5.16 Å². The van der Waals surface area contributed by atoms with Crippen molar-refractivity contribution in [3.8, 4) is 0 Å². The lowest BCUT2D eigenvalue weighted by atomic mass is 10.3. The number of furan rings is 1. The molecule has 0 saturated carbocycles. The average molecular weight is 164 g/mol. The number of nitrogens with zero attached hydrogens (tertiary/aromatic N) is 1. The first-order valence-electron chi connectivity index (χ1n) is 3.58. The molecule has 0 spiro atoms. The first kappa shape index (κ1) is 6.97. The van der Waals surface area contributed by atoms with E-state index in [1.54, 1.807) is 12.3 Å². The molecule has 12 heavy (non-hydrogen) atoms. The monoisotopic (exact) mass is 164 g/mol. The maximum atomic E-state index is 5.37. The van der Waals surface area contributed by atoms with E-state index in [9.17, 15) is 0 Å². The summed E-state index contributed by atoms with van der Waals surface area (Å²) in [7, 11) is 0. The molecule has 0 aromatic carbocycles. The number of hydrogen-bond donors (Lipinski definition) is 1. The van der Waals surface area contributed by atoms with Gasteiger partial charge in [-0.2, -0.15) is 0 Å². The van der Waals surface area contributed by atoms with E-state index in [0.717, 1.165) is 5.76 Å². The molecule has 0 aliphatic rings. The second-order valence-electron chi connectivity index (χ2n) is 2.47. The van der Waals surface area contributed by atoms with E-state index in [1.165, 1.54) is 0 Å². The fraction of sp³-hybridized carbons (Fsp3) is 0.125. The number of anilines is 1. The Morgan fingerprint density at radius 3 is 2.92 bits per heavy atom. The van der Waals surface area contributed by atoms with Gasteiger partial charge in [-0.05, 0) is 12.1 Å². The number of nitrogen functional groups attached to an aromatic ring is 1. The highest BCUT2D eigenvalue weighted by Gasteiger charge is 2.03. The van der Waals surface area contributed by atoms with Crippen molar-refractivity contribution >= 4 is 5.82 Å². The Hall–Kier alpha value is -1.71. The van der Waals surface area contributed by atoms with Crippen molar-refractivity contribution in [3.05, 3.63) is 36.0 Å². The van der Waals surface area contributed by atoms with Crippen LogP contribution in [0.25, 0.3) is 0 Å². The smallest absolute Gasteiger partial charge is 0.167 e. The van der Waals surface area contributed by atoms with Crippen LogP contribution in [0.2, 0.25) is 0 Å². The van der Waals surface area contributed by atoms with Gasteiger partial charge in [0.15, 0.2) is 5.82 Å². The minimum Gasteiger partial charge on any atom is -0.469 e. The van der Waals surface area contributed by atoms with E-state index in [0.29, 0.717) is 18.0 Å². The summed E-state index contributed by atoms with van der Waals surface area (Å²) in [5.41, 5.74) is 5.37. The van der Waals surface area contributed by atoms with Gasteiger partial charge >= 0.3 is 0 Å². The van der Waals surface area contributed by atoms with Gasteiger partial charge in [0.25, 0.3) is 0 Å². The van der Waals surface area contributed by atoms with Gasteiger partial charge in [-0.1, -0.05) is 5.16 Å².